The molecule has 0 rings (SSSR count). The third-order valence-electron chi connectivity index (χ3n) is 0.598. The Bertz CT molecular complexity index is 287. The average molecular weight is 247 g/mol. The largest absolute Gasteiger partial charge is 1.00 e. The summed E-state index contributed by atoms with van der Waals surface area (Å²) in [5.74, 6) is 0. The molecule has 0 fully saturated rings. The molecule has 14 heavy (non-hydrogen) atoms. The normalized spacial score (nSPS) is 10.6. The van der Waals surface area contributed by atoms with Crippen molar-refractivity contribution >= 4 is 22.7 Å². The van der Waals surface area contributed by atoms with Crippen molar-refractivity contribution in [1.82, 2.24) is 0 Å². The van der Waals surface area contributed by atoms with Gasteiger partial charge < -0.3 is 12.6 Å². The number of thiocyanates is 1. The molecule has 78 valence electrons. The Morgan fingerprint density at radius 2 is 1.64 bits per heavy atom. The van der Waals surface area contributed by atoms with Crippen molar-refractivity contribution in [2.45, 2.75) is 11.7 Å². The molecule has 0 aromatic heterocycles. The van der Waals surface area contributed by atoms with E-state index in [1.165, 1.54) is 5.40 Å². The summed E-state index contributed by atoms with van der Waals surface area (Å²) in [5, 5.41) is 3.10. The van der Waals surface area contributed by atoms with E-state index >= 15 is 0 Å². The van der Waals surface area contributed by atoms with Crippen LogP contribution in [0.15, 0.2) is 0 Å². The third-order valence-corrected chi connectivity index (χ3v) is 1.46. The molecular formula is C3H2F4LiNO3S2. The second-order valence-corrected chi connectivity index (χ2v) is 3.11. The molecule has 0 saturated heterocycles. The molecule has 0 aromatic rings. The Morgan fingerprint density at radius 3 is 1.64 bits per heavy atom. The smallest absolute Gasteiger partial charge is 0.696 e. The predicted molar refractivity (Wildman–Crippen MR) is 35.5 cm³/mol. The van der Waals surface area contributed by atoms with E-state index in [0.29, 0.717) is 0 Å². The average Bonchev–Trinajstić information content (AvgIpc) is 1.86. The second-order valence-electron chi connectivity index (χ2n) is 1.43. The Labute approximate surface area is 94.6 Å². The molecule has 11 heteroatoms. The van der Waals surface area contributed by atoms with Crippen LogP contribution in [0.4, 0.5) is 17.6 Å². The van der Waals surface area contributed by atoms with Crippen molar-refractivity contribution in [3.05, 3.63) is 0 Å². The van der Waals surface area contributed by atoms with Crippen molar-refractivity contribution in [3.63, 3.8) is 0 Å². The maximum Gasteiger partial charge on any atom is 1.00 e. The number of nitrogens with zero attached hydrogens (tertiary/aromatic N) is 1. The van der Waals surface area contributed by atoms with Gasteiger partial charge in [-0.25, -0.2) is 14.0 Å². The fourth-order valence-corrected chi connectivity index (χ4v) is 0.338. The fourth-order valence-electron chi connectivity index (χ4n) is 0.113. The Hall–Kier alpha value is -0.0626. The van der Waals surface area contributed by atoms with E-state index in [1.54, 1.807) is 0 Å². The van der Waals surface area contributed by atoms with Gasteiger partial charge in [0, 0.05) is 0 Å². The zero-order valence-corrected chi connectivity index (χ0v) is 8.25. The summed E-state index contributed by atoms with van der Waals surface area (Å²) in [6.07, 6.45) is -4.41. The van der Waals surface area contributed by atoms with Gasteiger partial charge in [-0.2, -0.15) is 17.2 Å². The molecule has 4 nitrogen and oxygen atoms in total. The SMILES string of the molecule is N#C[S-].O=S(=O)(O)C(F)(F)C(F)F.[Li+]. The molecule has 0 unspecified atom stereocenters. The first-order valence-electron chi connectivity index (χ1n) is 2.25. The summed E-state index contributed by atoms with van der Waals surface area (Å²) in [7, 11) is -5.98. The van der Waals surface area contributed by atoms with Crippen molar-refractivity contribution in [2.24, 2.45) is 0 Å². The number of nitriles is 1. The van der Waals surface area contributed by atoms with Gasteiger partial charge in [0.05, 0.1) is 0 Å². The van der Waals surface area contributed by atoms with Crippen LogP contribution < -0.4 is 18.9 Å². The van der Waals surface area contributed by atoms with Crippen molar-refractivity contribution in [2.75, 3.05) is 0 Å². The molecule has 0 radical (unpaired) electrons. The molecular weight excluding hydrogens is 245 g/mol. The number of rotatable bonds is 2. The predicted octanol–water partition coefficient (Wildman–Crippen LogP) is -2.25. The van der Waals surface area contributed by atoms with Gasteiger partial charge in [0.1, 0.15) is 0 Å². The van der Waals surface area contributed by atoms with E-state index in [9.17, 15) is 26.0 Å². The Morgan fingerprint density at radius 1 is 1.43 bits per heavy atom. The van der Waals surface area contributed by atoms with Crippen LogP contribution in [0.25, 0.3) is 0 Å². The van der Waals surface area contributed by atoms with Crippen molar-refractivity contribution in [1.29, 1.82) is 5.26 Å². The minimum Gasteiger partial charge on any atom is -0.696 e. The Kier molecular flexibility index (Phi) is 10.1. The molecule has 0 aliphatic carbocycles. The van der Waals surface area contributed by atoms with E-state index < -0.39 is 21.8 Å². The van der Waals surface area contributed by atoms with Crippen molar-refractivity contribution < 1.29 is 49.4 Å². The van der Waals surface area contributed by atoms with E-state index in [0.717, 1.165) is 0 Å². The topological polar surface area (TPSA) is 78.2 Å². The minimum absolute atomic E-state index is 0. The van der Waals surface area contributed by atoms with E-state index in [1.807, 2.05) is 0 Å². The van der Waals surface area contributed by atoms with E-state index in [4.69, 9.17) is 9.81 Å². The first kappa shape index (κ1) is 19.5. The van der Waals surface area contributed by atoms with Gasteiger partial charge in [0.25, 0.3) is 0 Å². The summed E-state index contributed by atoms with van der Waals surface area (Å²) in [6.45, 7) is 0. The first-order valence-corrected chi connectivity index (χ1v) is 4.10. The van der Waals surface area contributed by atoms with Crippen LogP contribution in [0.3, 0.4) is 0 Å². The summed E-state index contributed by atoms with van der Waals surface area (Å²) in [4.78, 5) is 0. The maximum atomic E-state index is 11.5. The molecule has 1 N–H and O–H groups in total. The van der Waals surface area contributed by atoms with Gasteiger partial charge in [-0.05, 0) is 0 Å². The Balaban J connectivity index is -0.000000267. The van der Waals surface area contributed by atoms with Crippen LogP contribution in [0.2, 0.25) is 0 Å². The minimum atomic E-state index is -5.98. The van der Waals surface area contributed by atoms with Gasteiger partial charge in [-0.1, -0.05) is 5.40 Å². The molecule has 0 saturated carbocycles. The molecule has 0 aliphatic rings. The standard InChI is InChI=1S/C2H2F4O3S.CHNS.Li/c3-1(4)2(5,6)10(7,8)9;2-1-3;/h1H,(H,7,8,9);3H;/q;;+1/p-1. The zero-order chi connectivity index (χ0) is 11.3. The fraction of sp³-hybridized carbons (Fsp3) is 0.667. The van der Waals surface area contributed by atoms with Gasteiger partial charge >= 0.3 is 40.7 Å². The van der Waals surface area contributed by atoms with Gasteiger partial charge in [-0.3, -0.25) is 4.55 Å². The number of alkyl halides is 4. The van der Waals surface area contributed by atoms with Crippen LogP contribution in [0.5, 0.6) is 0 Å². The first-order chi connectivity index (χ1) is 5.61. The van der Waals surface area contributed by atoms with Crippen LogP contribution in [0, 0.1) is 10.7 Å². The summed E-state index contributed by atoms with van der Waals surface area (Å²) in [5.41, 5.74) is 0. The quantitative estimate of drug-likeness (QED) is 0.196. The molecule has 0 bridgehead atoms. The second kappa shape index (κ2) is 7.26. The molecule has 0 aromatic carbocycles. The van der Waals surface area contributed by atoms with E-state index in [2.05, 4.69) is 12.6 Å². The molecule has 0 atom stereocenters. The third kappa shape index (κ3) is 6.40. The number of hydrogen-bond acceptors (Lipinski definition) is 4. The van der Waals surface area contributed by atoms with Crippen LogP contribution in [0.1, 0.15) is 0 Å². The summed E-state index contributed by atoms with van der Waals surface area (Å²) >= 11 is 3.70. The monoisotopic (exact) mass is 247 g/mol. The number of hydrogen-bond donors (Lipinski definition) is 1. The summed E-state index contributed by atoms with van der Waals surface area (Å²) < 4.78 is 71.3. The summed E-state index contributed by atoms with van der Waals surface area (Å²) in [6, 6.07) is 0. The van der Waals surface area contributed by atoms with E-state index in [-0.39, 0.29) is 18.9 Å². The number of halogens is 4. The maximum absolute atomic E-state index is 11.5. The van der Waals surface area contributed by atoms with Crippen molar-refractivity contribution in [3.8, 4) is 5.40 Å². The van der Waals surface area contributed by atoms with Gasteiger partial charge in [-0.15, -0.1) is 0 Å². The van der Waals surface area contributed by atoms with Gasteiger partial charge in [0.15, 0.2) is 0 Å². The van der Waals surface area contributed by atoms with Gasteiger partial charge in [0.2, 0.25) is 0 Å². The molecule has 0 spiro atoms. The molecule has 0 aliphatic heterocycles. The zero-order valence-electron chi connectivity index (χ0n) is 6.62. The molecule has 0 amide bonds. The van der Waals surface area contributed by atoms with Crippen LogP contribution in [-0.2, 0) is 22.7 Å². The van der Waals surface area contributed by atoms with Crippen LogP contribution in [-0.4, -0.2) is 24.7 Å². The molecule has 0 heterocycles. The van der Waals surface area contributed by atoms with Crippen LogP contribution >= 0.6 is 0 Å².